The van der Waals surface area contributed by atoms with Crippen molar-refractivity contribution in [2.24, 2.45) is 17.8 Å². The molecule has 2 fully saturated rings. The molecular formula is C14H17NO. The zero-order valence-corrected chi connectivity index (χ0v) is 9.36. The third-order valence-electron chi connectivity index (χ3n) is 4.00. The molecule has 0 saturated heterocycles. The highest BCUT2D eigenvalue weighted by Crippen LogP contribution is 2.55. The molecule has 1 N–H and O–H groups in total. The molecule has 0 bridgehead atoms. The quantitative estimate of drug-likeness (QED) is 0.807. The summed E-state index contributed by atoms with van der Waals surface area (Å²) in [6.07, 6.45) is 5.15. The summed E-state index contributed by atoms with van der Waals surface area (Å²) in [6, 6.07) is 9.77. The van der Waals surface area contributed by atoms with Gasteiger partial charge in [0.05, 0.1) is 0 Å². The van der Waals surface area contributed by atoms with Gasteiger partial charge in [-0.25, -0.2) is 0 Å². The molecular weight excluding hydrogens is 198 g/mol. The van der Waals surface area contributed by atoms with Crippen LogP contribution < -0.4 is 5.32 Å². The number of anilines is 1. The molecule has 0 spiro atoms. The van der Waals surface area contributed by atoms with Gasteiger partial charge in [-0.2, -0.15) is 0 Å². The fourth-order valence-electron chi connectivity index (χ4n) is 3.13. The summed E-state index contributed by atoms with van der Waals surface area (Å²) in [4.78, 5) is 12.0. The molecule has 1 aromatic carbocycles. The van der Waals surface area contributed by atoms with Crippen LogP contribution in [0.2, 0.25) is 0 Å². The molecule has 2 aliphatic carbocycles. The number of para-hydroxylation sites is 1. The Hall–Kier alpha value is -1.31. The van der Waals surface area contributed by atoms with E-state index in [4.69, 9.17) is 0 Å². The number of fused-ring (bicyclic) bond motifs is 1. The second-order valence-corrected chi connectivity index (χ2v) is 4.99. The Morgan fingerprint density at radius 3 is 2.31 bits per heavy atom. The lowest BCUT2D eigenvalue weighted by molar-refractivity contribution is -0.117. The molecule has 0 aliphatic heterocycles. The predicted molar refractivity (Wildman–Crippen MR) is 64.0 cm³/mol. The second kappa shape index (κ2) is 3.93. The molecule has 3 rings (SSSR count). The van der Waals surface area contributed by atoms with Gasteiger partial charge in [0.2, 0.25) is 5.91 Å². The molecule has 2 heteroatoms. The van der Waals surface area contributed by atoms with E-state index in [2.05, 4.69) is 5.32 Å². The van der Waals surface area contributed by atoms with Gasteiger partial charge in [-0.1, -0.05) is 31.0 Å². The first kappa shape index (κ1) is 9.88. The summed E-state index contributed by atoms with van der Waals surface area (Å²) in [6.45, 7) is 0. The number of hydrogen-bond donors (Lipinski definition) is 1. The Morgan fingerprint density at radius 2 is 1.69 bits per heavy atom. The average molecular weight is 215 g/mol. The maximum absolute atomic E-state index is 12.0. The molecule has 2 saturated carbocycles. The third-order valence-corrected chi connectivity index (χ3v) is 4.00. The van der Waals surface area contributed by atoms with Crippen LogP contribution >= 0.6 is 0 Å². The van der Waals surface area contributed by atoms with Crippen molar-refractivity contribution in [3.05, 3.63) is 30.3 Å². The zero-order chi connectivity index (χ0) is 11.0. The molecule has 0 heterocycles. The normalized spacial score (nSPS) is 31.6. The lowest BCUT2D eigenvalue weighted by Crippen LogP contribution is -2.15. The maximum atomic E-state index is 12.0. The monoisotopic (exact) mass is 215 g/mol. The van der Waals surface area contributed by atoms with Crippen molar-refractivity contribution >= 4 is 11.6 Å². The van der Waals surface area contributed by atoms with Crippen molar-refractivity contribution in [1.82, 2.24) is 0 Å². The van der Waals surface area contributed by atoms with E-state index in [0.29, 0.717) is 17.8 Å². The number of rotatable bonds is 2. The van der Waals surface area contributed by atoms with Crippen LogP contribution in [0.25, 0.3) is 0 Å². The van der Waals surface area contributed by atoms with Crippen molar-refractivity contribution in [3.8, 4) is 0 Å². The van der Waals surface area contributed by atoms with Gasteiger partial charge in [0.25, 0.3) is 0 Å². The van der Waals surface area contributed by atoms with Crippen molar-refractivity contribution in [2.75, 3.05) is 5.32 Å². The Labute approximate surface area is 96.1 Å². The van der Waals surface area contributed by atoms with Crippen LogP contribution in [0.15, 0.2) is 30.3 Å². The van der Waals surface area contributed by atoms with Gasteiger partial charge >= 0.3 is 0 Å². The van der Waals surface area contributed by atoms with Crippen molar-refractivity contribution in [3.63, 3.8) is 0 Å². The molecule has 84 valence electrons. The van der Waals surface area contributed by atoms with Crippen LogP contribution in [0, 0.1) is 17.8 Å². The summed E-state index contributed by atoms with van der Waals surface area (Å²) < 4.78 is 0. The molecule has 1 amide bonds. The highest BCUT2D eigenvalue weighted by Gasteiger charge is 2.54. The van der Waals surface area contributed by atoms with Crippen LogP contribution in [0.4, 0.5) is 5.69 Å². The third kappa shape index (κ3) is 1.73. The lowest BCUT2D eigenvalue weighted by atomic mass is 10.0. The minimum atomic E-state index is 0.239. The Morgan fingerprint density at radius 1 is 1.06 bits per heavy atom. The molecule has 3 atom stereocenters. The maximum Gasteiger partial charge on any atom is 0.228 e. The first-order valence-corrected chi connectivity index (χ1v) is 6.22. The van der Waals surface area contributed by atoms with Gasteiger partial charge in [-0.15, -0.1) is 0 Å². The van der Waals surface area contributed by atoms with Gasteiger partial charge < -0.3 is 5.32 Å². The van der Waals surface area contributed by atoms with Crippen molar-refractivity contribution in [2.45, 2.75) is 25.7 Å². The first-order valence-electron chi connectivity index (χ1n) is 6.22. The van der Waals surface area contributed by atoms with Crippen LogP contribution in [-0.4, -0.2) is 5.91 Å². The minimum absolute atomic E-state index is 0.239. The highest BCUT2D eigenvalue weighted by molar-refractivity contribution is 5.94. The van der Waals surface area contributed by atoms with Gasteiger partial charge in [0.1, 0.15) is 0 Å². The van der Waals surface area contributed by atoms with Gasteiger partial charge in [0, 0.05) is 11.6 Å². The first-order chi connectivity index (χ1) is 7.86. The standard InChI is InChI=1S/C14H17NO/c16-14(15-10-6-2-1-3-7-10)13-11-8-4-5-9-12(11)13/h1-3,6-7,11-13H,4-5,8-9H2,(H,15,16)/t11-,12+,13?. The Bertz CT molecular complexity index is 375. The van der Waals surface area contributed by atoms with Crippen LogP contribution in [-0.2, 0) is 4.79 Å². The number of amides is 1. The molecule has 2 aliphatic rings. The number of nitrogens with one attached hydrogen (secondary N) is 1. The van der Waals surface area contributed by atoms with Crippen LogP contribution in [0.5, 0.6) is 0 Å². The molecule has 0 aromatic heterocycles. The topological polar surface area (TPSA) is 29.1 Å². The molecule has 0 radical (unpaired) electrons. The number of hydrogen-bond acceptors (Lipinski definition) is 1. The summed E-state index contributed by atoms with van der Waals surface area (Å²) in [7, 11) is 0. The Balaban J connectivity index is 1.63. The average Bonchev–Trinajstić information content (AvgIpc) is 3.04. The smallest absolute Gasteiger partial charge is 0.228 e. The molecule has 2 nitrogen and oxygen atoms in total. The van der Waals surface area contributed by atoms with E-state index in [0.717, 1.165) is 5.69 Å². The Kier molecular flexibility index (Phi) is 2.43. The van der Waals surface area contributed by atoms with Gasteiger partial charge in [-0.05, 0) is 36.8 Å². The predicted octanol–water partition coefficient (Wildman–Crippen LogP) is 3.06. The fraction of sp³-hybridized carbons (Fsp3) is 0.500. The summed E-state index contributed by atoms with van der Waals surface area (Å²) in [5.74, 6) is 1.93. The van der Waals surface area contributed by atoms with Crippen molar-refractivity contribution in [1.29, 1.82) is 0 Å². The van der Waals surface area contributed by atoms with E-state index in [-0.39, 0.29) is 5.91 Å². The SMILES string of the molecule is O=C(Nc1ccccc1)C1[C@H]2CCCC[C@@H]12. The van der Waals surface area contributed by atoms with Crippen molar-refractivity contribution < 1.29 is 4.79 Å². The molecule has 1 aromatic rings. The van der Waals surface area contributed by atoms with E-state index >= 15 is 0 Å². The zero-order valence-electron chi connectivity index (χ0n) is 9.36. The van der Waals surface area contributed by atoms with E-state index in [9.17, 15) is 4.79 Å². The van der Waals surface area contributed by atoms with E-state index < -0.39 is 0 Å². The molecule has 1 unspecified atom stereocenters. The largest absolute Gasteiger partial charge is 0.326 e. The van der Waals surface area contributed by atoms with E-state index in [1.807, 2.05) is 30.3 Å². The number of benzene rings is 1. The van der Waals surface area contributed by atoms with Crippen LogP contribution in [0.3, 0.4) is 0 Å². The van der Waals surface area contributed by atoms with Gasteiger partial charge in [0.15, 0.2) is 0 Å². The summed E-state index contributed by atoms with van der Waals surface area (Å²) in [5.41, 5.74) is 0.927. The van der Waals surface area contributed by atoms with Gasteiger partial charge in [-0.3, -0.25) is 4.79 Å². The molecule has 16 heavy (non-hydrogen) atoms. The minimum Gasteiger partial charge on any atom is -0.326 e. The number of carbonyl (C=O) groups excluding carboxylic acids is 1. The summed E-state index contributed by atoms with van der Waals surface area (Å²) >= 11 is 0. The number of carbonyl (C=O) groups is 1. The lowest BCUT2D eigenvalue weighted by Gasteiger charge is -2.04. The van der Waals surface area contributed by atoms with Crippen LogP contribution in [0.1, 0.15) is 25.7 Å². The summed E-state index contributed by atoms with van der Waals surface area (Å²) in [5, 5.41) is 3.02. The van der Waals surface area contributed by atoms with E-state index in [1.54, 1.807) is 0 Å². The fourth-order valence-corrected chi connectivity index (χ4v) is 3.13. The van der Waals surface area contributed by atoms with E-state index in [1.165, 1.54) is 25.7 Å². The second-order valence-electron chi connectivity index (χ2n) is 4.99. The highest BCUT2D eigenvalue weighted by atomic mass is 16.2.